The van der Waals surface area contributed by atoms with Crippen LogP contribution in [-0.2, 0) is 11.3 Å². The summed E-state index contributed by atoms with van der Waals surface area (Å²) in [5.74, 6) is -1.82. The highest BCUT2D eigenvalue weighted by molar-refractivity contribution is 5.73. The molecule has 0 aliphatic heterocycles. The summed E-state index contributed by atoms with van der Waals surface area (Å²) in [5.41, 5.74) is 0.296. The second-order valence-electron chi connectivity index (χ2n) is 4.87. The highest BCUT2D eigenvalue weighted by atomic mass is 19.1. The van der Waals surface area contributed by atoms with E-state index in [0.717, 1.165) is 12.1 Å². The number of rotatable bonds is 5. The van der Waals surface area contributed by atoms with Gasteiger partial charge in [0.1, 0.15) is 11.6 Å². The van der Waals surface area contributed by atoms with Crippen molar-refractivity contribution in [3.63, 3.8) is 0 Å². The van der Waals surface area contributed by atoms with Gasteiger partial charge in [0, 0.05) is 18.7 Å². The molecule has 1 aromatic rings. The Morgan fingerprint density at radius 3 is 2.83 bits per heavy atom. The molecular formula is C13H15F2NO2. The summed E-state index contributed by atoms with van der Waals surface area (Å²) in [4.78, 5) is 12.5. The minimum Gasteiger partial charge on any atom is -0.481 e. The Morgan fingerprint density at radius 2 is 2.22 bits per heavy atom. The van der Waals surface area contributed by atoms with E-state index in [0.29, 0.717) is 18.5 Å². The van der Waals surface area contributed by atoms with Crippen molar-refractivity contribution in [3.8, 4) is 0 Å². The molecule has 1 saturated carbocycles. The summed E-state index contributed by atoms with van der Waals surface area (Å²) in [6.07, 6.45) is 0.672. The number of hydrogen-bond donors (Lipinski definition) is 1. The number of halogens is 2. The Bertz CT molecular complexity index is 464. The fourth-order valence-electron chi connectivity index (χ4n) is 2.17. The number of carboxylic acids is 1. The number of aliphatic carboxylic acids is 1. The molecule has 0 aromatic heterocycles. The van der Waals surface area contributed by atoms with Crippen LogP contribution in [0.4, 0.5) is 8.78 Å². The molecule has 2 atom stereocenters. The van der Waals surface area contributed by atoms with E-state index in [-0.39, 0.29) is 18.4 Å². The van der Waals surface area contributed by atoms with Crippen molar-refractivity contribution in [1.82, 2.24) is 4.90 Å². The summed E-state index contributed by atoms with van der Waals surface area (Å²) in [6.45, 7) is 0.874. The molecule has 1 aliphatic rings. The van der Waals surface area contributed by atoms with Crippen LogP contribution >= 0.6 is 0 Å². The highest BCUT2D eigenvalue weighted by Gasteiger charge is 2.43. The smallest absolute Gasteiger partial charge is 0.306 e. The normalized spacial score (nSPS) is 22.2. The van der Waals surface area contributed by atoms with Gasteiger partial charge in [-0.15, -0.1) is 0 Å². The molecule has 0 radical (unpaired) electrons. The van der Waals surface area contributed by atoms with Crippen molar-refractivity contribution in [2.75, 3.05) is 13.6 Å². The van der Waals surface area contributed by atoms with Gasteiger partial charge in [-0.3, -0.25) is 4.79 Å². The second kappa shape index (κ2) is 5.02. The van der Waals surface area contributed by atoms with Crippen molar-refractivity contribution < 1.29 is 18.7 Å². The molecule has 0 spiro atoms. The summed E-state index contributed by atoms with van der Waals surface area (Å²) >= 11 is 0. The van der Waals surface area contributed by atoms with E-state index in [1.165, 1.54) is 6.07 Å². The lowest BCUT2D eigenvalue weighted by molar-refractivity contribution is -0.138. The van der Waals surface area contributed by atoms with Crippen LogP contribution in [0, 0.1) is 23.5 Å². The van der Waals surface area contributed by atoms with Gasteiger partial charge < -0.3 is 10.0 Å². The van der Waals surface area contributed by atoms with Crippen molar-refractivity contribution in [3.05, 3.63) is 35.4 Å². The third kappa shape index (κ3) is 3.04. The molecular weight excluding hydrogens is 240 g/mol. The molecule has 1 N–H and O–H groups in total. The number of hydrogen-bond acceptors (Lipinski definition) is 2. The van der Waals surface area contributed by atoms with Crippen LogP contribution in [0.25, 0.3) is 0 Å². The lowest BCUT2D eigenvalue weighted by atomic mass is 10.2. The Kier molecular flexibility index (Phi) is 3.61. The lowest BCUT2D eigenvalue weighted by Crippen LogP contribution is -2.22. The minimum absolute atomic E-state index is 0.129. The Morgan fingerprint density at radius 1 is 1.50 bits per heavy atom. The van der Waals surface area contributed by atoms with E-state index >= 15 is 0 Å². The van der Waals surface area contributed by atoms with Crippen LogP contribution in [0.5, 0.6) is 0 Å². The molecule has 1 aliphatic carbocycles. The van der Waals surface area contributed by atoms with Crippen molar-refractivity contribution in [2.45, 2.75) is 13.0 Å². The molecule has 18 heavy (non-hydrogen) atoms. The summed E-state index contributed by atoms with van der Waals surface area (Å²) < 4.78 is 26.4. The van der Waals surface area contributed by atoms with E-state index < -0.39 is 17.6 Å². The predicted octanol–water partition coefficient (Wildman–Crippen LogP) is 2.12. The van der Waals surface area contributed by atoms with Gasteiger partial charge in [0.25, 0.3) is 0 Å². The predicted molar refractivity (Wildman–Crippen MR) is 61.9 cm³/mol. The Labute approximate surface area is 104 Å². The average molecular weight is 255 g/mol. The minimum atomic E-state index is -0.773. The van der Waals surface area contributed by atoms with Gasteiger partial charge in [0.05, 0.1) is 5.92 Å². The van der Waals surface area contributed by atoms with Crippen molar-refractivity contribution >= 4 is 5.97 Å². The van der Waals surface area contributed by atoms with E-state index in [2.05, 4.69) is 0 Å². The molecule has 1 aromatic carbocycles. The molecule has 0 heterocycles. The number of carboxylic acid groups (broad SMARTS) is 1. The molecule has 2 unspecified atom stereocenters. The first kappa shape index (κ1) is 13.0. The quantitative estimate of drug-likeness (QED) is 0.876. The number of carbonyl (C=O) groups is 1. The molecule has 5 heteroatoms. The number of nitrogens with zero attached hydrogens (tertiary/aromatic N) is 1. The van der Waals surface area contributed by atoms with Gasteiger partial charge in [-0.25, -0.2) is 8.78 Å². The van der Waals surface area contributed by atoms with Gasteiger partial charge in [-0.2, -0.15) is 0 Å². The maximum absolute atomic E-state index is 13.4. The molecule has 2 rings (SSSR count). The largest absolute Gasteiger partial charge is 0.481 e. The van der Waals surface area contributed by atoms with E-state index in [1.54, 1.807) is 7.05 Å². The third-order valence-corrected chi connectivity index (χ3v) is 3.23. The molecule has 0 bridgehead atoms. The molecule has 0 amide bonds. The van der Waals surface area contributed by atoms with Crippen LogP contribution in [0.2, 0.25) is 0 Å². The van der Waals surface area contributed by atoms with Crippen LogP contribution < -0.4 is 0 Å². The van der Waals surface area contributed by atoms with Gasteiger partial charge in [-0.1, -0.05) is 0 Å². The van der Waals surface area contributed by atoms with Gasteiger partial charge in [-0.05, 0) is 37.6 Å². The van der Waals surface area contributed by atoms with E-state index in [1.807, 2.05) is 4.90 Å². The zero-order chi connectivity index (χ0) is 13.3. The first-order valence-electron chi connectivity index (χ1n) is 5.82. The third-order valence-electron chi connectivity index (χ3n) is 3.23. The van der Waals surface area contributed by atoms with Crippen LogP contribution in [0.15, 0.2) is 18.2 Å². The topological polar surface area (TPSA) is 40.5 Å². The highest BCUT2D eigenvalue weighted by Crippen LogP contribution is 2.39. The van der Waals surface area contributed by atoms with Crippen molar-refractivity contribution in [2.24, 2.45) is 11.8 Å². The van der Waals surface area contributed by atoms with Gasteiger partial charge >= 0.3 is 5.97 Å². The van der Waals surface area contributed by atoms with E-state index in [4.69, 9.17) is 5.11 Å². The molecule has 3 nitrogen and oxygen atoms in total. The first-order valence-corrected chi connectivity index (χ1v) is 5.82. The van der Waals surface area contributed by atoms with Crippen molar-refractivity contribution in [1.29, 1.82) is 0 Å². The summed E-state index contributed by atoms with van der Waals surface area (Å²) in [6, 6.07) is 3.36. The Hall–Kier alpha value is -1.49. The zero-order valence-corrected chi connectivity index (χ0v) is 10.1. The van der Waals surface area contributed by atoms with E-state index in [9.17, 15) is 13.6 Å². The van der Waals surface area contributed by atoms with Crippen LogP contribution in [0.1, 0.15) is 12.0 Å². The SMILES string of the molecule is CN(Cc1cc(F)ccc1F)CC1CC1C(=O)O. The Balaban J connectivity index is 1.90. The first-order chi connectivity index (χ1) is 8.47. The average Bonchev–Trinajstić information content (AvgIpc) is 3.02. The van der Waals surface area contributed by atoms with Gasteiger partial charge in [0.2, 0.25) is 0 Å². The molecule has 1 fully saturated rings. The lowest BCUT2D eigenvalue weighted by Gasteiger charge is -2.16. The monoisotopic (exact) mass is 255 g/mol. The standard InChI is InChI=1S/C13H15F2NO2/c1-16(6-8-5-11(8)13(17)18)7-9-4-10(14)2-3-12(9)15/h2-4,8,11H,5-7H2,1H3,(H,17,18). The summed E-state index contributed by atoms with van der Waals surface area (Å²) in [5, 5.41) is 8.78. The maximum atomic E-state index is 13.4. The number of benzene rings is 1. The zero-order valence-electron chi connectivity index (χ0n) is 10.1. The van der Waals surface area contributed by atoms with Gasteiger partial charge in [0.15, 0.2) is 0 Å². The van der Waals surface area contributed by atoms with Crippen LogP contribution in [0.3, 0.4) is 0 Å². The van der Waals surface area contributed by atoms with Crippen LogP contribution in [-0.4, -0.2) is 29.6 Å². The fourth-order valence-corrected chi connectivity index (χ4v) is 2.17. The maximum Gasteiger partial charge on any atom is 0.306 e. The molecule has 98 valence electrons. The molecule has 0 saturated heterocycles. The second-order valence-corrected chi connectivity index (χ2v) is 4.87. The fraction of sp³-hybridized carbons (Fsp3) is 0.462. The summed E-state index contributed by atoms with van der Waals surface area (Å²) in [7, 11) is 1.78.